The van der Waals surface area contributed by atoms with Gasteiger partial charge >= 0.3 is 0 Å². The quantitative estimate of drug-likeness (QED) is 0.636. The van der Waals surface area contributed by atoms with Gasteiger partial charge in [-0.1, -0.05) is 6.92 Å². The molecule has 1 atom stereocenters. The number of rotatable bonds is 1. The summed E-state index contributed by atoms with van der Waals surface area (Å²) in [5, 5.41) is 29.2. The van der Waals surface area contributed by atoms with Crippen molar-refractivity contribution in [3.05, 3.63) is 17.7 Å². The standard InChI is InChI=1S/C10H11NO3S/c1-5-4-11-10(15-5)6-2-3-7(12)9(14)8(6)13/h2-3,5,12-14H,4H2,1H3. The molecule has 1 unspecified atom stereocenters. The Labute approximate surface area is 91.3 Å². The summed E-state index contributed by atoms with van der Waals surface area (Å²) in [5.41, 5.74) is 0.472. The van der Waals surface area contributed by atoms with Crippen LogP contribution in [0.4, 0.5) is 0 Å². The molecule has 0 aromatic heterocycles. The first-order chi connectivity index (χ1) is 7.09. The van der Waals surface area contributed by atoms with Gasteiger partial charge in [0, 0.05) is 5.25 Å². The number of aromatic hydroxyl groups is 3. The third-order valence-corrected chi connectivity index (χ3v) is 3.29. The van der Waals surface area contributed by atoms with Gasteiger partial charge in [0.2, 0.25) is 5.75 Å². The molecule has 2 rings (SSSR count). The summed E-state index contributed by atoms with van der Waals surface area (Å²) in [4.78, 5) is 4.25. The van der Waals surface area contributed by atoms with Crippen LogP contribution >= 0.6 is 11.8 Å². The first-order valence-corrected chi connectivity index (χ1v) is 5.43. The average molecular weight is 225 g/mol. The van der Waals surface area contributed by atoms with E-state index in [9.17, 15) is 10.2 Å². The Morgan fingerprint density at radius 1 is 1.27 bits per heavy atom. The number of benzene rings is 1. The van der Waals surface area contributed by atoms with Gasteiger partial charge in [0.25, 0.3) is 0 Å². The van der Waals surface area contributed by atoms with Crippen LogP contribution in [-0.2, 0) is 0 Å². The maximum atomic E-state index is 9.62. The van der Waals surface area contributed by atoms with Crippen molar-refractivity contribution in [1.82, 2.24) is 0 Å². The van der Waals surface area contributed by atoms with E-state index in [1.54, 1.807) is 17.8 Å². The summed E-state index contributed by atoms with van der Waals surface area (Å²) in [5.74, 6) is -1.13. The third-order valence-electron chi connectivity index (χ3n) is 2.17. The molecule has 1 heterocycles. The van der Waals surface area contributed by atoms with E-state index in [0.717, 1.165) is 0 Å². The highest BCUT2D eigenvalue weighted by molar-refractivity contribution is 8.15. The molecule has 0 bridgehead atoms. The van der Waals surface area contributed by atoms with E-state index in [1.807, 2.05) is 6.92 Å². The lowest BCUT2D eigenvalue weighted by atomic mass is 10.2. The fourth-order valence-corrected chi connectivity index (χ4v) is 2.34. The smallest absolute Gasteiger partial charge is 0.201 e. The molecule has 0 aliphatic carbocycles. The van der Waals surface area contributed by atoms with E-state index in [2.05, 4.69) is 4.99 Å². The van der Waals surface area contributed by atoms with E-state index in [0.29, 0.717) is 22.4 Å². The molecule has 15 heavy (non-hydrogen) atoms. The van der Waals surface area contributed by atoms with Crippen molar-refractivity contribution in [1.29, 1.82) is 0 Å². The van der Waals surface area contributed by atoms with E-state index in [4.69, 9.17) is 5.11 Å². The Kier molecular flexibility index (Phi) is 2.48. The molecule has 0 fully saturated rings. The zero-order valence-corrected chi connectivity index (χ0v) is 8.95. The van der Waals surface area contributed by atoms with Crippen LogP contribution in [0.5, 0.6) is 17.2 Å². The van der Waals surface area contributed by atoms with Crippen LogP contribution in [0.2, 0.25) is 0 Å². The van der Waals surface area contributed by atoms with Crippen molar-refractivity contribution in [3.8, 4) is 17.2 Å². The third kappa shape index (κ3) is 1.74. The Hall–Kier alpha value is -1.36. The number of aliphatic imine (C=N–C) groups is 1. The minimum absolute atomic E-state index is 0.310. The molecule has 4 nitrogen and oxygen atoms in total. The average Bonchev–Trinajstić information content (AvgIpc) is 2.61. The lowest BCUT2D eigenvalue weighted by Gasteiger charge is -2.07. The van der Waals surface area contributed by atoms with E-state index in [1.165, 1.54) is 6.07 Å². The van der Waals surface area contributed by atoms with Crippen molar-refractivity contribution >= 4 is 16.8 Å². The monoisotopic (exact) mass is 225 g/mol. The predicted molar refractivity (Wildman–Crippen MR) is 59.9 cm³/mol. The number of phenols is 3. The minimum Gasteiger partial charge on any atom is -0.504 e. The van der Waals surface area contributed by atoms with Gasteiger partial charge in [0.1, 0.15) is 5.04 Å². The van der Waals surface area contributed by atoms with Gasteiger partial charge in [-0.15, -0.1) is 11.8 Å². The van der Waals surface area contributed by atoms with Gasteiger partial charge in [0.05, 0.1) is 12.1 Å². The predicted octanol–water partition coefficient (Wildman–Crippen LogP) is 1.69. The van der Waals surface area contributed by atoms with Gasteiger partial charge < -0.3 is 15.3 Å². The molecule has 1 aliphatic heterocycles. The van der Waals surface area contributed by atoms with Gasteiger partial charge in [-0.3, -0.25) is 4.99 Å². The van der Waals surface area contributed by atoms with Gasteiger partial charge in [0.15, 0.2) is 11.5 Å². The Morgan fingerprint density at radius 3 is 2.60 bits per heavy atom. The van der Waals surface area contributed by atoms with Crippen LogP contribution in [0.25, 0.3) is 0 Å². The summed E-state index contributed by atoms with van der Waals surface area (Å²) in [7, 11) is 0. The molecule has 3 N–H and O–H groups in total. The molecule has 0 radical (unpaired) electrons. The Balaban J connectivity index is 2.42. The second-order valence-corrected chi connectivity index (χ2v) is 4.83. The van der Waals surface area contributed by atoms with Crippen molar-refractivity contribution in [2.75, 3.05) is 6.54 Å². The lowest BCUT2D eigenvalue weighted by Crippen LogP contribution is -1.96. The molecule has 0 saturated heterocycles. The number of phenolic OH excluding ortho intramolecular Hbond substituents is 3. The van der Waals surface area contributed by atoms with Crippen LogP contribution in [0.3, 0.4) is 0 Å². The number of hydrogen-bond donors (Lipinski definition) is 3. The van der Waals surface area contributed by atoms with Crippen LogP contribution in [0, 0.1) is 0 Å². The zero-order valence-electron chi connectivity index (χ0n) is 8.14. The molecular weight excluding hydrogens is 214 g/mol. The maximum absolute atomic E-state index is 9.62. The second-order valence-electron chi connectivity index (χ2n) is 3.40. The summed E-state index contributed by atoms with van der Waals surface area (Å²) in [6, 6.07) is 2.89. The molecule has 0 amide bonds. The minimum atomic E-state index is -0.490. The van der Waals surface area contributed by atoms with Crippen LogP contribution in [-0.4, -0.2) is 32.2 Å². The summed E-state index contributed by atoms with van der Waals surface area (Å²) in [6.45, 7) is 2.75. The van der Waals surface area contributed by atoms with Crippen LogP contribution in [0.1, 0.15) is 12.5 Å². The van der Waals surface area contributed by atoms with E-state index in [-0.39, 0.29) is 11.5 Å². The van der Waals surface area contributed by atoms with E-state index < -0.39 is 5.75 Å². The summed E-state index contributed by atoms with van der Waals surface area (Å²) in [6.07, 6.45) is 0. The second kappa shape index (κ2) is 3.66. The fraction of sp³-hybridized carbons (Fsp3) is 0.300. The fourth-order valence-electron chi connectivity index (χ4n) is 1.37. The SMILES string of the molecule is CC1CN=C(c2ccc(O)c(O)c2O)S1. The van der Waals surface area contributed by atoms with Crippen LogP contribution in [0.15, 0.2) is 17.1 Å². The highest BCUT2D eigenvalue weighted by atomic mass is 32.2. The van der Waals surface area contributed by atoms with Crippen molar-refractivity contribution in [2.24, 2.45) is 4.99 Å². The molecule has 1 aromatic carbocycles. The highest BCUT2D eigenvalue weighted by Gasteiger charge is 2.21. The Morgan fingerprint density at radius 2 is 2.00 bits per heavy atom. The molecule has 5 heteroatoms. The van der Waals surface area contributed by atoms with Gasteiger partial charge in [-0.05, 0) is 12.1 Å². The van der Waals surface area contributed by atoms with Crippen molar-refractivity contribution < 1.29 is 15.3 Å². The summed E-state index contributed by atoms with van der Waals surface area (Å²) < 4.78 is 0. The molecule has 80 valence electrons. The van der Waals surface area contributed by atoms with Gasteiger partial charge in [-0.2, -0.15) is 0 Å². The molecule has 0 saturated carbocycles. The highest BCUT2D eigenvalue weighted by Crippen LogP contribution is 2.40. The number of thioether (sulfide) groups is 1. The number of hydrogen-bond acceptors (Lipinski definition) is 5. The van der Waals surface area contributed by atoms with Crippen molar-refractivity contribution in [2.45, 2.75) is 12.2 Å². The van der Waals surface area contributed by atoms with Gasteiger partial charge in [-0.25, -0.2) is 0 Å². The first-order valence-electron chi connectivity index (χ1n) is 4.55. The largest absolute Gasteiger partial charge is 0.504 e. The Bertz CT molecular complexity index is 431. The van der Waals surface area contributed by atoms with Crippen LogP contribution < -0.4 is 0 Å². The molecule has 1 aliphatic rings. The topological polar surface area (TPSA) is 73.1 Å². The normalized spacial score (nSPS) is 20.3. The molecule has 1 aromatic rings. The van der Waals surface area contributed by atoms with E-state index >= 15 is 0 Å². The lowest BCUT2D eigenvalue weighted by molar-refractivity contribution is 0.367. The number of nitrogens with zero attached hydrogens (tertiary/aromatic N) is 1. The molecular formula is C10H11NO3S. The first kappa shape index (κ1) is 10.2. The summed E-state index contributed by atoms with van der Waals surface area (Å²) >= 11 is 1.54. The zero-order chi connectivity index (χ0) is 11.0. The molecule has 0 spiro atoms. The maximum Gasteiger partial charge on any atom is 0.201 e. The van der Waals surface area contributed by atoms with Crippen molar-refractivity contribution in [3.63, 3.8) is 0 Å².